The van der Waals surface area contributed by atoms with Crippen molar-refractivity contribution in [1.29, 1.82) is 0 Å². The highest BCUT2D eigenvalue weighted by Crippen LogP contribution is 2.25. The molecule has 1 saturated carbocycles. The number of piperidine rings is 1. The van der Waals surface area contributed by atoms with Crippen LogP contribution in [-0.2, 0) is 9.59 Å². The third-order valence-electron chi connectivity index (χ3n) is 5.95. The van der Waals surface area contributed by atoms with Gasteiger partial charge in [-0.15, -0.1) is 0 Å². The third-order valence-corrected chi connectivity index (χ3v) is 6.26. The Hall–Kier alpha value is -1.86. The van der Waals surface area contributed by atoms with Crippen LogP contribution >= 0.6 is 11.6 Å². The number of halogens is 2. The Morgan fingerprint density at radius 3 is 2.70 bits per heavy atom. The van der Waals surface area contributed by atoms with E-state index in [0.717, 1.165) is 57.8 Å². The molecule has 2 amide bonds. The lowest BCUT2D eigenvalue weighted by molar-refractivity contribution is -0.126. The van der Waals surface area contributed by atoms with Crippen molar-refractivity contribution in [2.75, 3.05) is 26.2 Å². The molecule has 30 heavy (non-hydrogen) atoms. The van der Waals surface area contributed by atoms with E-state index < -0.39 is 5.82 Å². The maximum Gasteiger partial charge on any atom is 0.258 e. The predicted octanol–water partition coefficient (Wildman–Crippen LogP) is 2.89. The molecule has 0 radical (unpaired) electrons. The number of nitrogens with one attached hydrogen (secondary N) is 3. The second kappa shape index (κ2) is 11.0. The van der Waals surface area contributed by atoms with Gasteiger partial charge in [0.15, 0.2) is 6.61 Å². The maximum absolute atomic E-state index is 13.4. The third kappa shape index (κ3) is 6.84. The fraction of sp³-hybridized carbons (Fsp3) is 0.636. The monoisotopic (exact) mass is 439 g/mol. The average Bonchev–Trinajstić information content (AvgIpc) is 2.73. The summed E-state index contributed by atoms with van der Waals surface area (Å²) in [5.74, 6) is 0.726. The van der Waals surface area contributed by atoms with Crippen LogP contribution in [0.3, 0.4) is 0 Å². The largest absolute Gasteiger partial charge is 0.484 e. The first kappa shape index (κ1) is 22.8. The molecule has 2 fully saturated rings. The minimum atomic E-state index is -0.583. The van der Waals surface area contributed by atoms with E-state index >= 15 is 0 Å². The highest BCUT2D eigenvalue weighted by molar-refractivity contribution is 6.30. The molecule has 0 bridgehead atoms. The zero-order valence-corrected chi connectivity index (χ0v) is 18.1. The van der Waals surface area contributed by atoms with Crippen molar-refractivity contribution in [3.63, 3.8) is 0 Å². The summed E-state index contributed by atoms with van der Waals surface area (Å²) in [5, 5.41) is 9.48. The van der Waals surface area contributed by atoms with Gasteiger partial charge in [-0.1, -0.05) is 18.5 Å². The van der Waals surface area contributed by atoms with Gasteiger partial charge >= 0.3 is 0 Å². The SMILES string of the molecule is CC1CNCC(CNC(=O)C2CCC(NC(=O)COc3ccc(Cl)c(F)c3)CC2)C1. The molecule has 3 rings (SSSR count). The molecular formula is C22H31ClFN3O3. The standard InChI is InChI=1S/C22H31ClFN3O3/c1-14-8-15(11-25-10-14)12-26-22(29)16-2-4-17(5-3-16)27-21(28)13-30-18-6-7-19(23)20(24)9-18/h6-7,9,14-17,25H,2-5,8,10-13H2,1H3,(H,26,29)(H,27,28). The van der Waals surface area contributed by atoms with Crippen LogP contribution in [-0.4, -0.2) is 44.1 Å². The molecule has 166 valence electrons. The first-order valence-corrected chi connectivity index (χ1v) is 11.1. The Morgan fingerprint density at radius 2 is 2.00 bits per heavy atom. The van der Waals surface area contributed by atoms with E-state index in [-0.39, 0.29) is 41.2 Å². The Labute approximate surface area is 182 Å². The normalized spacial score (nSPS) is 26.6. The Bertz CT molecular complexity index is 740. The van der Waals surface area contributed by atoms with Gasteiger partial charge < -0.3 is 20.7 Å². The van der Waals surface area contributed by atoms with E-state index in [9.17, 15) is 14.0 Å². The summed E-state index contributed by atoms with van der Waals surface area (Å²) in [5.41, 5.74) is 0. The zero-order valence-electron chi connectivity index (χ0n) is 17.4. The van der Waals surface area contributed by atoms with E-state index in [2.05, 4.69) is 22.9 Å². The molecule has 1 aliphatic heterocycles. The first-order valence-electron chi connectivity index (χ1n) is 10.8. The van der Waals surface area contributed by atoms with Gasteiger partial charge in [-0.25, -0.2) is 4.39 Å². The van der Waals surface area contributed by atoms with Gasteiger partial charge in [0, 0.05) is 24.6 Å². The van der Waals surface area contributed by atoms with Crippen molar-refractivity contribution in [3.05, 3.63) is 29.0 Å². The van der Waals surface area contributed by atoms with Gasteiger partial charge in [-0.05, 0) is 69.2 Å². The van der Waals surface area contributed by atoms with Crippen molar-refractivity contribution < 1.29 is 18.7 Å². The lowest BCUT2D eigenvalue weighted by Crippen LogP contribution is -2.44. The number of hydrogen-bond acceptors (Lipinski definition) is 4. The van der Waals surface area contributed by atoms with Crippen LogP contribution in [0.5, 0.6) is 5.75 Å². The van der Waals surface area contributed by atoms with E-state index in [1.807, 2.05) is 0 Å². The molecule has 2 aliphatic rings. The van der Waals surface area contributed by atoms with Gasteiger partial charge in [0.2, 0.25) is 5.91 Å². The van der Waals surface area contributed by atoms with Gasteiger partial charge in [-0.2, -0.15) is 0 Å². The van der Waals surface area contributed by atoms with Gasteiger partial charge in [0.1, 0.15) is 11.6 Å². The summed E-state index contributed by atoms with van der Waals surface area (Å²) in [6.07, 6.45) is 4.21. The van der Waals surface area contributed by atoms with Crippen LogP contribution in [0.4, 0.5) is 4.39 Å². The van der Waals surface area contributed by atoms with Crippen LogP contribution in [0.1, 0.15) is 39.0 Å². The second-order valence-electron chi connectivity index (χ2n) is 8.59. The lowest BCUT2D eigenvalue weighted by Gasteiger charge is -2.30. The van der Waals surface area contributed by atoms with Crippen molar-refractivity contribution in [1.82, 2.24) is 16.0 Å². The number of carbonyl (C=O) groups excluding carboxylic acids is 2. The number of ether oxygens (including phenoxy) is 1. The number of amides is 2. The van der Waals surface area contributed by atoms with Crippen LogP contribution in [0, 0.1) is 23.6 Å². The van der Waals surface area contributed by atoms with E-state index in [1.165, 1.54) is 12.1 Å². The summed E-state index contributed by atoms with van der Waals surface area (Å²) >= 11 is 5.63. The summed E-state index contributed by atoms with van der Waals surface area (Å²) < 4.78 is 18.7. The molecule has 2 atom stereocenters. The van der Waals surface area contributed by atoms with Crippen molar-refractivity contribution in [2.24, 2.45) is 17.8 Å². The van der Waals surface area contributed by atoms with Crippen molar-refractivity contribution >= 4 is 23.4 Å². The molecule has 6 nitrogen and oxygen atoms in total. The van der Waals surface area contributed by atoms with E-state index in [0.29, 0.717) is 11.8 Å². The minimum Gasteiger partial charge on any atom is -0.484 e. The van der Waals surface area contributed by atoms with Gasteiger partial charge in [0.05, 0.1) is 5.02 Å². The molecule has 1 aromatic carbocycles. The Morgan fingerprint density at radius 1 is 1.23 bits per heavy atom. The minimum absolute atomic E-state index is 0.0116. The lowest BCUT2D eigenvalue weighted by atomic mass is 9.85. The van der Waals surface area contributed by atoms with Crippen LogP contribution < -0.4 is 20.7 Å². The van der Waals surface area contributed by atoms with Gasteiger partial charge in [0.25, 0.3) is 5.91 Å². The summed E-state index contributed by atoms with van der Waals surface area (Å²) in [6, 6.07) is 4.10. The summed E-state index contributed by atoms with van der Waals surface area (Å²) in [4.78, 5) is 24.6. The number of benzene rings is 1. The molecule has 0 spiro atoms. The average molecular weight is 440 g/mol. The zero-order chi connectivity index (χ0) is 21.5. The molecule has 2 unspecified atom stereocenters. The van der Waals surface area contributed by atoms with Crippen molar-refractivity contribution in [3.8, 4) is 5.75 Å². The van der Waals surface area contributed by atoms with Crippen molar-refractivity contribution in [2.45, 2.75) is 45.1 Å². The second-order valence-corrected chi connectivity index (χ2v) is 9.00. The van der Waals surface area contributed by atoms with Crippen LogP contribution in [0.25, 0.3) is 0 Å². The molecule has 1 aliphatic carbocycles. The summed E-state index contributed by atoms with van der Waals surface area (Å²) in [7, 11) is 0. The summed E-state index contributed by atoms with van der Waals surface area (Å²) in [6.45, 7) is 4.80. The highest BCUT2D eigenvalue weighted by atomic mass is 35.5. The highest BCUT2D eigenvalue weighted by Gasteiger charge is 2.28. The molecule has 1 aromatic rings. The fourth-order valence-electron chi connectivity index (χ4n) is 4.30. The Kier molecular flexibility index (Phi) is 8.33. The fourth-order valence-corrected chi connectivity index (χ4v) is 4.42. The number of rotatable bonds is 7. The maximum atomic E-state index is 13.4. The molecular weight excluding hydrogens is 409 g/mol. The predicted molar refractivity (Wildman–Crippen MR) is 114 cm³/mol. The van der Waals surface area contributed by atoms with Gasteiger partial charge in [-0.3, -0.25) is 9.59 Å². The van der Waals surface area contributed by atoms with Crippen LogP contribution in [0.15, 0.2) is 18.2 Å². The quantitative estimate of drug-likeness (QED) is 0.610. The number of hydrogen-bond donors (Lipinski definition) is 3. The smallest absolute Gasteiger partial charge is 0.258 e. The molecule has 1 heterocycles. The Balaban J connectivity index is 1.33. The van der Waals surface area contributed by atoms with E-state index in [4.69, 9.17) is 16.3 Å². The molecule has 1 saturated heterocycles. The topological polar surface area (TPSA) is 79.5 Å². The molecule has 8 heteroatoms. The number of carbonyl (C=O) groups is 2. The first-order chi connectivity index (χ1) is 14.4. The molecule has 0 aromatic heterocycles. The van der Waals surface area contributed by atoms with Crippen LogP contribution in [0.2, 0.25) is 5.02 Å². The van der Waals surface area contributed by atoms with E-state index in [1.54, 1.807) is 0 Å². The molecule has 3 N–H and O–H groups in total.